The van der Waals surface area contributed by atoms with Crippen LogP contribution >= 0.6 is 0 Å². The first-order chi connectivity index (χ1) is 33.0. The Balaban J connectivity index is 4.27. The van der Waals surface area contributed by atoms with Gasteiger partial charge in [0.2, 0.25) is 0 Å². The highest BCUT2D eigenvalue weighted by Crippen LogP contribution is 2.13. The molecule has 0 saturated carbocycles. The van der Waals surface area contributed by atoms with Gasteiger partial charge in [0.1, 0.15) is 13.2 Å². The molecule has 0 aliphatic heterocycles. The fourth-order valence-electron chi connectivity index (χ4n) is 6.90. The molecule has 6 nitrogen and oxygen atoms in total. The number of rotatable bonds is 47. The van der Waals surface area contributed by atoms with Gasteiger partial charge in [-0.15, -0.1) is 0 Å². The van der Waals surface area contributed by atoms with Crippen molar-refractivity contribution >= 4 is 17.9 Å². The normalized spacial score (nSPS) is 13.1. The molecule has 1 atom stereocenters. The Hall–Kier alpha value is -4.19. The molecule has 0 amide bonds. The van der Waals surface area contributed by atoms with Crippen LogP contribution in [0.1, 0.15) is 226 Å². The molecule has 0 saturated heterocycles. The standard InChI is InChI=1S/C61H98O6/c1-4-7-10-13-15-17-19-21-23-25-27-28-29-30-31-32-34-35-37-39-41-43-45-48-51-54-60(63)66-57-58(56-65-59(62)53-50-47-12-9-6-3)67-61(64)55-52-49-46-44-42-40-38-36-33-26-24-22-20-18-16-14-11-8-5-2/h7,10,15-18,21-24,27-28,30-31,33-36,39,41,58H,4-6,8-9,11-14,19-20,25-26,29,32,37-38,40,42-57H2,1-3H3/b10-7-,17-15-,18-16-,23-21-,24-22-,28-27-,31-30-,35-34-,36-33-,41-39-. The highest BCUT2D eigenvalue weighted by molar-refractivity contribution is 5.71. The predicted molar refractivity (Wildman–Crippen MR) is 288 cm³/mol. The number of unbranched alkanes of at least 4 members (excludes halogenated alkanes) is 16. The van der Waals surface area contributed by atoms with Gasteiger partial charge in [-0.05, 0) is 116 Å². The van der Waals surface area contributed by atoms with Gasteiger partial charge in [0, 0.05) is 19.3 Å². The molecule has 0 bridgehead atoms. The number of hydrogen-bond acceptors (Lipinski definition) is 6. The zero-order valence-electron chi connectivity index (χ0n) is 43.1. The molecule has 0 aromatic rings. The Morgan fingerprint density at radius 2 is 0.582 bits per heavy atom. The molecular weight excluding hydrogens is 829 g/mol. The number of carbonyl (C=O) groups excluding carboxylic acids is 3. The maximum absolute atomic E-state index is 12.8. The van der Waals surface area contributed by atoms with E-state index in [-0.39, 0.29) is 31.1 Å². The van der Waals surface area contributed by atoms with E-state index in [1.165, 1.54) is 38.5 Å². The molecule has 0 aromatic heterocycles. The molecule has 0 N–H and O–H groups in total. The molecular formula is C61H98O6. The minimum Gasteiger partial charge on any atom is -0.462 e. The highest BCUT2D eigenvalue weighted by Gasteiger charge is 2.19. The van der Waals surface area contributed by atoms with E-state index in [1.54, 1.807) is 0 Å². The van der Waals surface area contributed by atoms with Gasteiger partial charge in [0.05, 0.1) is 0 Å². The second-order valence-corrected chi connectivity index (χ2v) is 17.4. The Morgan fingerprint density at radius 3 is 0.955 bits per heavy atom. The minimum absolute atomic E-state index is 0.0982. The van der Waals surface area contributed by atoms with Gasteiger partial charge in [0.15, 0.2) is 6.10 Å². The molecule has 0 fully saturated rings. The maximum Gasteiger partial charge on any atom is 0.306 e. The lowest BCUT2D eigenvalue weighted by molar-refractivity contribution is -0.167. The first-order valence-corrected chi connectivity index (χ1v) is 27.0. The second kappa shape index (κ2) is 54.4. The van der Waals surface area contributed by atoms with Crippen molar-refractivity contribution < 1.29 is 28.6 Å². The van der Waals surface area contributed by atoms with E-state index in [9.17, 15) is 14.4 Å². The maximum atomic E-state index is 12.8. The van der Waals surface area contributed by atoms with Crippen LogP contribution in [0.25, 0.3) is 0 Å². The van der Waals surface area contributed by atoms with Crippen LogP contribution in [0.2, 0.25) is 0 Å². The third-order valence-corrected chi connectivity index (χ3v) is 11.0. The second-order valence-electron chi connectivity index (χ2n) is 17.4. The van der Waals surface area contributed by atoms with Crippen molar-refractivity contribution in [3.63, 3.8) is 0 Å². The Labute approximate surface area is 412 Å². The number of esters is 3. The molecule has 1 unspecified atom stereocenters. The molecule has 0 heterocycles. The van der Waals surface area contributed by atoms with Crippen molar-refractivity contribution in [2.75, 3.05) is 13.2 Å². The van der Waals surface area contributed by atoms with E-state index in [4.69, 9.17) is 14.2 Å². The fourth-order valence-corrected chi connectivity index (χ4v) is 6.90. The number of allylic oxidation sites excluding steroid dienone is 20. The van der Waals surface area contributed by atoms with Crippen molar-refractivity contribution in [2.45, 2.75) is 232 Å². The third kappa shape index (κ3) is 52.6. The first-order valence-electron chi connectivity index (χ1n) is 27.0. The molecule has 67 heavy (non-hydrogen) atoms. The quantitative estimate of drug-likeness (QED) is 0.0262. The summed E-state index contributed by atoms with van der Waals surface area (Å²) in [6, 6.07) is 0. The smallest absolute Gasteiger partial charge is 0.306 e. The summed E-state index contributed by atoms with van der Waals surface area (Å²) in [6.45, 7) is 6.36. The van der Waals surface area contributed by atoms with E-state index in [1.807, 2.05) is 0 Å². The molecule has 0 rings (SSSR count). The zero-order valence-corrected chi connectivity index (χ0v) is 43.1. The number of ether oxygens (including phenoxy) is 3. The SMILES string of the molecule is CC/C=C\C/C=C\C/C=C\C/C=C\C/C=C\C/C=C\C/C=C\CCCCCC(=O)OCC(COC(=O)CCCCCCC)OC(=O)CCCCCCCC/C=C\C/C=C\C/C=C\CCCCC. The van der Waals surface area contributed by atoms with Crippen LogP contribution in [-0.4, -0.2) is 37.2 Å². The molecule has 6 heteroatoms. The van der Waals surface area contributed by atoms with Gasteiger partial charge >= 0.3 is 17.9 Å². The van der Waals surface area contributed by atoms with Crippen molar-refractivity contribution in [1.82, 2.24) is 0 Å². The number of hydrogen-bond donors (Lipinski definition) is 0. The largest absolute Gasteiger partial charge is 0.462 e. The average Bonchev–Trinajstić information content (AvgIpc) is 3.33. The minimum atomic E-state index is -0.799. The van der Waals surface area contributed by atoms with Crippen LogP contribution in [0.15, 0.2) is 122 Å². The summed E-state index contributed by atoms with van der Waals surface area (Å²) >= 11 is 0. The number of carbonyl (C=O) groups is 3. The molecule has 0 aliphatic carbocycles. The van der Waals surface area contributed by atoms with Crippen molar-refractivity contribution in [2.24, 2.45) is 0 Å². The summed E-state index contributed by atoms with van der Waals surface area (Å²) in [6.07, 6.45) is 75.1. The van der Waals surface area contributed by atoms with E-state index in [0.717, 1.165) is 148 Å². The Morgan fingerprint density at radius 1 is 0.313 bits per heavy atom. The molecule has 378 valence electrons. The lowest BCUT2D eigenvalue weighted by Crippen LogP contribution is -2.30. The average molecular weight is 927 g/mol. The van der Waals surface area contributed by atoms with Crippen LogP contribution in [-0.2, 0) is 28.6 Å². The van der Waals surface area contributed by atoms with Gasteiger partial charge < -0.3 is 14.2 Å². The molecule has 0 aromatic carbocycles. The molecule has 0 aliphatic rings. The molecule has 0 spiro atoms. The van der Waals surface area contributed by atoms with Crippen LogP contribution in [0.4, 0.5) is 0 Å². The Bertz CT molecular complexity index is 1440. The van der Waals surface area contributed by atoms with Crippen LogP contribution in [0.3, 0.4) is 0 Å². The lowest BCUT2D eigenvalue weighted by atomic mass is 10.1. The van der Waals surface area contributed by atoms with Crippen LogP contribution in [0, 0.1) is 0 Å². The Kier molecular flexibility index (Phi) is 51.0. The highest BCUT2D eigenvalue weighted by atomic mass is 16.6. The predicted octanol–water partition coefficient (Wildman–Crippen LogP) is 18.1. The van der Waals surface area contributed by atoms with Gasteiger partial charge in [-0.25, -0.2) is 0 Å². The van der Waals surface area contributed by atoms with E-state index >= 15 is 0 Å². The zero-order chi connectivity index (χ0) is 48.6. The van der Waals surface area contributed by atoms with Crippen molar-refractivity contribution in [1.29, 1.82) is 0 Å². The topological polar surface area (TPSA) is 78.9 Å². The lowest BCUT2D eigenvalue weighted by Gasteiger charge is -2.18. The van der Waals surface area contributed by atoms with E-state index in [2.05, 4.69) is 142 Å². The summed E-state index contributed by atoms with van der Waals surface area (Å²) in [7, 11) is 0. The van der Waals surface area contributed by atoms with Gasteiger partial charge in [0.25, 0.3) is 0 Å². The van der Waals surface area contributed by atoms with Crippen molar-refractivity contribution in [3.8, 4) is 0 Å². The van der Waals surface area contributed by atoms with E-state index in [0.29, 0.717) is 19.3 Å². The summed E-state index contributed by atoms with van der Waals surface area (Å²) < 4.78 is 16.6. The summed E-state index contributed by atoms with van der Waals surface area (Å²) in [5.74, 6) is -0.966. The van der Waals surface area contributed by atoms with Gasteiger partial charge in [-0.2, -0.15) is 0 Å². The third-order valence-electron chi connectivity index (χ3n) is 11.0. The summed E-state index contributed by atoms with van der Waals surface area (Å²) in [5.41, 5.74) is 0. The van der Waals surface area contributed by atoms with Crippen LogP contribution < -0.4 is 0 Å². The van der Waals surface area contributed by atoms with Gasteiger partial charge in [-0.1, -0.05) is 213 Å². The summed E-state index contributed by atoms with van der Waals surface area (Å²) in [5, 5.41) is 0. The summed E-state index contributed by atoms with van der Waals surface area (Å²) in [4.78, 5) is 37.7. The van der Waals surface area contributed by atoms with E-state index < -0.39 is 6.10 Å². The fraction of sp³-hybridized carbons (Fsp3) is 0.623. The first kappa shape index (κ1) is 62.8. The molecule has 0 radical (unpaired) electrons. The van der Waals surface area contributed by atoms with Crippen molar-refractivity contribution in [3.05, 3.63) is 122 Å². The monoisotopic (exact) mass is 927 g/mol. The van der Waals surface area contributed by atoms with Gasteiger partial charge in [-0.3, -0.25) is 14.4 Å². The van der Waals surface area contributed by atoms with Crippen LogP contribution in [0.5, 0.6) is 0 Å².